The number of carbonyl (C=O) groups excluding carboxylic acids is 1. The van der Waals surface area contributed by atoms with Gasteiger partial charge in [-0.1, -0.05) is 52.9 Å². The van der Waals surface area contributed by atoms with Gasteiger partial charge in [0.1, 0.15) is 10.7 Å². The lowest BCUT2D eigenvalue weighted by molar-refractivity contribution is 0.168. The van der Waals surface area contributed by atoms with Crippen LogP contribution in [0.1, 0.15) is 23.2 Å². The molecule has 0 radical (unpaired) electrons. The van der Waals surface area contributed by atoms with Gasteiger partial charge in [0, 0.05) is 10.4 Å². The highest BCUT2D eigenvalue weighted by atomic mass is 32.2. The first kappa shape index (κ1) is 21.5. The van der Waals surface area contributed by atoms with Crippen LogP contribution < -0.4 is 10.9 Å². The van der Waals surface area contributed by atoms with Crippen LogP contribution in [-0.4, -0.2) is 32.9 Å². The molecular formula is C20H19N5O3S3. The fourth-order valence-corrected chi connectivity index (χ4v) is 5.68. The summed E-state index contributed by atoms with van der Waals surface area (Å²) in [5, 5.41) is 11.5. The van der Waals surface area contributed by atoms with Crippen molar-refractivity contribution in [3.63, 3.8) is 0 Å². The molecule has 0 bridgehead atoms. The van der Waals surface area contributed by atoms with Gasteiger partial charge in [0.05, 0.1) is 17.7 Å². The van der Waals surface area contributed by atoms with Gasteiger partial charge >= 0.3 is 6.09 Å². The number of aryl methyl sites for hydroxylation is 2. The number of ether oxygens (including phenoxy) is 1. The normalized spacial score (nSPS) is 11.1. The average molecular weight is 474 g/mol. The molecule has 2 N–H and O–H groups in total. The Morgan fingerprint density at radius 3 is 2.71 bits per heavy atom. The van der Waals surface area contributed by atoms with E-state index in [2.05, 4.69) is 25.5 Å². The summed E-state index contributed by atoms with van der Waals surface area (Å²) < 4.78 is 5.47. The monoisotopic (exact) mass is 473 g/mol. The zero-order chi connectivity index (χ0) is 22.0. The molecule has 0 aliphatic carbocycles. The molecule has 0 fully saturated rings. The molecule has 4 rings (SSSR count). The number of amides is 1. The molecule has 1 amide bonds. The van der Waals surface area contributed by atoms with Crippen LogP contribution in [0.15, 0.2) is 33.4 Å². The second-order valence-electron chi connectivity index (χ2n) is 6.60. The van der Waals surface area contributed by atoms with Crippen LogP contribution in [0.5, 0.6) is 0 Å². The Morgan fingerprint density at radius 1 is 1.19 bits per heavy atom. The van der Waals surface area contributed by atoms with E-state index >= 15 is 0 Å². The molecule has 0 saturated heterocycles. The number of nitrogens with zero attached hydrogens (tertiary/aromatic N) is 3. The van der Waals surface area contributed by atoms with Gasteiger partial charge in [-0.3, -0.25) is 10.1 Å². The van der Waals surface area contributed by atoms with Crippen LogP contribution in [0, 0.1) is 13.8 Å². The predicted octanol–water partition coefficient (Wildman–Crippen LogP) is 4.98. The average Bonchev–Trinajstić information content (AvgIpc) is 3.31. The fraction of sp³-hybridized carbons (Fsp3) is 0.250. The van der Waals surface area contributed by atoms with Crippen molar-refractivity contribution in [2.75, 3.05) is 11.9 Å². The van der Waals surface area contributed by atoms with Crippen molar-refractivity contribution in [1.29, 1.82) is 0 Å². The van der Waals surface area contributed by atoms with E-state index in [1.54, 1.807) is 6.92 Å². The molecule has 0 aliphatic heterocycles. The summed E-state index contributed by atoms with van der Waals surface area (Å²) in [5.74, 6) is 0.991. The first-order valence-corrected chi connectivity index (χ1v) is 12.1. The van der Waals surface area contributed by atoms with Gasteiger partial charge < -0.3 is 9.72 Å². The number of rotatable bonds is 6. The van der Waals surface area contributed by atoms with E-state index in [0.29, 0.717) is 31.3 Å². The van der Waals surface area contributed by atoms with Crippen molar-refractivity contribution < 1.29 is 9.53 Å². The summed E-state index contributed by atoms with van der Waals surface area (Å²) in [6.45, 7) is 6.05. The molecule has 3 heterocycles. The van der Waals surface area contributed by atoms with E-state index in [4.69, 9.17) is 4.74 Å². The third-order valence-electron chi connectivity index (χ3n) is 4.35. The van der Waals surface area contributed by atoms with Crippen molar-refractivity contribution in [3.8, 4) is 11.1 Å². The summed E-state index contributed by atoms with van der Waals surface area (Å²) in [6.07, 6.45) is -0.566. The van der Waals surface area contributed by atoms with Gasteiger partial charge in [0.15, 0.2) is 4.34 Å². The first-order chi connectivity index (χ1) is 14.9. The number of aromatic nitrogens is 4. The predicted molar refractivity (Wildman–Crippen MR) is 125 cm³/mol. The second kappa shape index (κ2) is 9.16. The van der Waals surface area contributed by atoms with E-state index in [-0.39, 0.29) is 12.2 Å². The Kier molecular flexibility index (Phi) is 6.35. The Bertz CT molecular complexity index is 1290. The highest BCUT2D eigenvalue weighted by Crippen LogP contribution is 2.36. The van der Waals surface area contributed by atoms with Crippen molar-refractivity contribution in [3.05, 3.63) is 50.9 Å². The van der Waals surface area contributed by atoms with Crippen molar-refractivity contribution in [1.82, 2.24) is 20.2 Å². The number of nitrogens with one attached hydrogen (secondary N) is 2. The molecular weight excluding hydrogens is 454 g/mol. The zero-order valence-corrected chi connectivity index (χ0v) is 19.5. The molecule has 160 valence electrons. The largest absolute Gasteiger partial charge is 0.450 e. The van der Waals surface area contributed by atoms with Crippen LogP contribution >= 0.6 is 34.4 Å². The fourth-order valence-electron chi connectivity index (χ4n) is 3.00. The van der Waals surface area contributed by atoms with Crippen LogP contribution in [-0.2, 0) is 10.5 Å². The first-order valence-electron chi connectivity index (χ1n) is 9.44. The highest BCUT2D eigenvalue weighted by Gasteiger charge is 2.17. The molecule has 8 nitrogen and oxygen atoms in total. The number of thioether (sulfide) groups is 1. The van der Waals surface area contributed by atoms with Crippen LogP contribution in [0.2, 0.25) is 0 Å². The van der Waals surface area contributed by atoms with E-state index < -0.39 is 6.09 Å². The Labute approximate surface area is 190 Å². The van der Waals surface area contributed by atoms with E-state index in [9.17, 15) is 9.59 Å². The van der Waals surface area contributed by atoms with Crippen LogP contribution in [0.4, 0.5) is 9.93 Å². The number of thiophene rings is 1. The standard InChI is InChI=1S/C20H19N5O3S3/c1-4-28-19(27)23-18-24-25-20(31-18)29-9-13-21-16(26)15-14(11(3)30-17(15)22-13)12-7-5-10(2)6-8-12/h5-8H,4,9H2,1-3H3,(H,21,22,26)(H,23,24,27). The molecule has 31 heavy (non-hydrogen) atoms. The number of H-pyrrole nitrogens is 1. The maximum absolute atomic E-state index is 12.9. The second-order valence-corrected chi connectivity index (χ2v) is 10.0. The lowest BCUT2D eigenvalue weighted by Gasteiger charge is -2.03. The Hall–Kier alpha value is -2.76. The molecule has 3 aromatic heterocycles. The molecule has 11 heteroatoms. The van der Waals surface area contributed by atoms with Gasteiger partial charge in [-0.15, -0.1) is 21.5 Å². The minimum Gasteiger partial charge on any atom is -0.450 e. The lowest BCUT2D eigenvalue weighted by Crippen LogP contribution is -2.12. The molecule has 1 aromatic carbocycles. The van der Waals surface area contributed by atoms with Gasteiger partial charge in [-0.05, 0) is 26.3 Å². The van der Waals surface area contributed by atoms with E-state index in [1.807, 2.05) is 38.1 Å². The maximum atomic E-state index is 12.9. The topological polar surface area (TPSA) is 110 Å². The van der Waals surface area contributed by atoms with Gasteiger partial charge in [-0.25, -0.2) is 9.78 Å². The minimum absolute atomic E-state index is 0.151. The third-order valence-corrected chi connectivity index (χ3v) is 7.33. The summed E-state index contributed by atoms with van der Waals surface area (Å²) in [7, 11) is 0. The van der Waals surface area contributed by atoms with Gasteiger partial charge in [0.25, 0.3) is 5.56 Å². The molecule has 0 atom stereocenters. The van der Waals surface area contributed by atoms with Crippen molar-refractivity contribution in [2.24, 2.45) is 0 Å². The minimum atomic E-state index is -0.566. The lowest BCUT2D eigenvalue weighted by atomic mass is 10.0. The maximum Gasteiger partial charge on any atom is 0.413 e. The van der Waals surface area contributed by atoms with E-state index in [1.165, 1.54) is 40.0 Å². The smallest absolute Gasteiger partial charge is 0.413 e. The highest BCUT2D eigenvalue weighted by molar-refractivity contribution is 8.00. The number of anilines is 1. The number of carbonyl (C=O) groups is 1. The molecule has 0 spiro atoms. The quantitative estimate of drug-likeness (QED) is 0.300. The Balaban J connectivity index is 1.54. The summed E-state index contributed by atoms with van der Waals surface area (Å²) >= 11 is 4.13. The van der Waals surface area contributed by atoms with Crippen molar-refractivity contribution >= 4 is 55.9 Å². The number of fused-ring (bicyclic) bond motifs is 1. The molecule has 0 saturated carbocycles. The summed E-state index contributed by atoms with van der Waals surface area (Å²) in [4.78, 5) is 33.7. The van der Waals surface area contributed by atoms with E-state index in [0.717, 1.165) is 16.0 Å². The van der Waals surface area contributed by atoms with Gasteiger partial charge in [0.2, 0.25) is 5.13 Å². The number of hydrogen-bond acceptors (Lipinski definition) is 9. The number of benzene rings is 1. The SMILES string of the molecule is CCOC(=O)Nc1nnc(SCc2nc3sc(C)c(-c4ccc(C)cc4)c3c(=O)[nH]2)s1. The summed E-state index contributed by atoms with van der Waals surface area (Å²) in [5.41, 5.74) is 2.97. The molecule has 0 aliphatic rings. The number of hydrogen-bond donors (Lipinski definition) is 2. The number of aromatic amines is 1. The zero-order valence-electron chi connectivity index (χ0n) is 17.0. The third kappa shape index (κ3) is 4.78. The van der Waals surface area contributed by atoms with Crippen LogP contribution in [0.3, 0.4) is 0 Å². The molecule has 0 unspecified atom stereocenters. The summed E-state index contributed by atoms with van der Waals surface area (Å²) in [6, 6.07) is 8.14. The Morgan fingerprint density at radius 2 is 1.97 bits per heavy atom. The molecule has 4 aromatic rings. The van der Waals surface area contributed by atoms with Crippen molar-refractivity contribution in [2.45, 2.75) is 30.9 Å². The van der Waals surface area contributed by atoms with Gasteiger partial charge in [-0.2, -0.15) is 0 Å². The van der Waals surface area contributed by atoms with Crippen LogP contribution in [0.25, 0.3) is 21.3 Å².